The molecular weight excluding hydrogens is 315 g/mol. The average molecular weight is 332 g/mol. The van der Waals surface area contributed by atoms with E-state index in [0.29, 0.717) is 0 Å². The van der Waals surface area contributed by atoms with E-state index in [1.54, 1.807) is 18.3 Å². The van der Waals surface area contributed by atoms with Crippen LogP contribution in [0.4, 0.5) is 0 Å². The van der Waals surface area contributed by atoms with Crippen molar-refractivity contribution in [3.8, 4) is 0 Å². The molecule has 0 amide bonds. The maximum absolute atomic E-state index is 11.6. The van der Waals surface area contributed by atoms with Crippen LogP contribution in [0, 0.1) is 0 Å². The lowest BCUT2D eigenvalue weighted by Crippen LogP contribution is -2.43. The van der Waals surface area contributed by atoms with Gasteiger partial charge >= 0.3 is 0 Å². The summed E-state index contributed by atoms with van der Waals surface area (Å²) in [6.07, 6.45) is 1.89. The normalized spacial score (nSPS) is 21.7. The summed E-state index contributed by atoms with van der Waals surface area (Å²) in [7, 11) is -1.30. The Morgan fingerprint density at radius 2 is 1.93 bits per heavy atom. The van der Waals surface area contributed by atoms with E-state index >= 15 is 0 Å². The fraction of sp³-hybridized carbons (Fsp3) is 1.00. The molecule has 1 rings (SSSR count). The molecule has 6 heteroatoms. The van der Waals surface area contributed by atoms with Gasteiger partial charge in [0.1, 0.15) is 0 Å². The van der Waals surface area contributed by atoms with Crippen LogP contribution in [0.2, 0.25) is 0 Å². The summed E-state index contributed by atoms with van der Waals surface area (Å²) in [5.74, 6) is 0.202. The van der Waals surface area contributed by atoms with Crippen LogP contribution in [-0.4, -0.2) is 47.8 Å². The minimum absolute atomic E-state index is 0.200. The minimum Gasteiger partial charge on any atom is -0.247 e. The molecule has 0 aromatic carbocycles. The van der Waals surface area contributed by atoms with Crippen molar-refractivity contribution in [1.82, 2.24) is 7.42 Å². The molecule has 14 heavy (non-hydrogen) atoms. The van der Waals surface area contributed by atoms with Crippen LogP contribution in [0.3, 0.4) is 0 Å². The Kier molecular flexibility index (Phi) is 4.60. The summed E-state index contributed by atoms with van der Waals surface area (Å²) >= 11 is 2.29. The number of rotatable bonds is 3. The Labute approximate surface area is 100 Å². The van der Waals surface area contributed by atoms with Gasteiger partial charge in [0.05, 0.1) is 5.75 Å². The Balaban J connectivity index is 2.58. The predicted molar refractivity (Wildman–Crippen MR) is 65.8 cm³/mol. The molecule has 0 atom stereocenters. The molecule has 0 aromatic rings. The summed E-state index contributed by atoms with van der Waals surface area (Å²) in [4.78, 5) is 0. The summed E-state index contributed by atoms with van der Waals surface area (Å²) in [6.45, 7) is 3.66. The number of nitrogens with zero attached hydrogens (tertiary/aromatic N) is 2. The van der Waals surface area contributed by atoms with Gasteiger partial charge in [-0.3, -0.25) is 0 Å². The largest absolute Gasteiger partial charge is 0.247 e. The summed E-state index contributed by atoms with van der Waals surface area (Å²) in [5, 5.41) is 0. The molecule has 0 aliphatic carbocycles. The second-order valence-corrected chi connectivity index (χ2v) is 7.24. The van der Waals surface area contributed by atoms with E-state index in [1.807, 2.05) is 0 Å². The third-order valence-electron chi connectivity index (χ3n) is 2.73. The SMILES string of the molecule is CCS(=O)(=O)N(C)C1CCN(I)CC1. The van der Waals surface area contributed by atoms with E-state index in [1.165, 1.54) is 0 Å². The molecule has 4 nitrogen and oxygen atoms in total. The van der Waals surface area contributed by atoms with E-state index in [0.717, 1.165) is 25.9 Å². The van der Waals surface area contributed by atoms with Crippen LogP contribution >= 0.6 is 22.9 Å². The Morgan fingerprint density at radius 1 is 1.43 bits per heavy atom. The lowest BCUT2D eigenvalue weighted by molar-refractivity contribution is 0.259. The predicted octanol–water partition coefficient (Wildman–Crippen LogP) is 1.08. The zero-order valence-corrected chi connectivity index (χ0v) is 11.6. The van der Waals surface area contributed by atoms with Crippen molar-refractivity contribution >= 4 is 32.9 Å². The molecule has 1 heterocycles. The molecule has 0 unspecified atom stereocenters. The highest BCUT2D eigenvalue weighted by molar-refractivity contribution is 14.1. The van der Waals surface area contributed by atoms with E-state index in [-0.39, 0.29) is 11.8 Å². The zero-order chi connectivity index (χ0) is 10.8. The van der Waals surface area contributed by atoms with E-state index < -0.39 is 10.0 Å². The smallest absolute Gasteiger partial charge is 0.213 e. The topological polar surface area (TPSA) is 40.6 Å². The quantitative estimate of drug-likeness (QED) is 0.574. The Bertz CT molecular complexity index is 273. The lowest BCUT2D eigenvalue weighted by Gasteiger charge is -2.33. The first-order valence-corrected chi connectivity index (χ1v) is 7.41. The minimum atomic E-state index is -3.00. The van der Waals surface area contributed by atoms with Crippen molar-refractivity contribution in [3.63, 3.8) is 0 Å². The second-order valence-electron chi connectivity index (χ2n) is 3.56. The van der Waals surface area contributed by atoms with Gasteiger partial charge in [0.25, 0.3) is 0 Å². The molecule has 0 saturated carbocycles. The van der Waals surface area contributed by atoms with E-state index in [4.69, 9.17) is 0 Å². The molecular formula is C8H17IN2O2S. The van der Waals surface area contributed by atoms with Crippen LogP contribution in [-0.2, 0) is 10.0 Å². The number of halogens is 1. The first-order chi connectivity index (χ1) is 6.47. The monoisotopic (exact) mass is 332 g/mol. The van der Waals surface area contributed by atoms with Gasteiger partial charge in [0.15, 0.2) is 0 Å². The Hall–Kier alpha value is 0.600. The van der Waals surface area contributed by atoms with Crippen molar-refractivity contribution in [2.24, 2.45) is 0 Å². The fourth-order valence-electron chi connectivity index (χ4n) is 1.63. The lowest BCUT2D eigenvalue weighted by atomic mass is 10.1. The third kappa shape index (κ3) is 3.04. The number of hydrogen-bond donors (Lipinski definition) is 0. The van der Waals surface area contributed by atoms with E-state index in [9.17, 15) is 8.42 Å². The van der Waals surface area contributed by atoms with Gasteiger partial charge in [-0.25, -0.2) is 15.8 Å². The second kappa shape index (κ2) is 5.09. The summed E-state index contributed by atoms with van der Waals surface area (Å²) < 4.78 is 26.9. The molecule has 0 spiro atoms. The molecule has 0 bridgehead atoms. The molecule has 1 aliphatic rings. The van der Waals surface area contributed by atoms with Gasteiger partial charge < -0.3 is 0 Å². The molecule has 84 valence electrons. The summed E-state index contributed by atoms with van der Waals surface area (Å²) in [5.41, 5.74) is 0. The first-order valence-electron chi connectivity index (χ1n) is 4.84. The Morgan fingerprint density at radius 3 is 2.36 bits per heavy atom. The molecule has 0 aromatic heterocycles. The van der Waals surface area contributed by atoms with Gasteiger partial charge in [-0.2, -0.15) is 0 Å². The zero-order valence-electron chi connectivity index (χ0n) is 8.61. The van der Waals surface area contributed by atoms with Gasteiger partial charge in [0.2, 0.25) is 10.0 Å². The highest BCUT2D eigenvalue weighted by atomic mass is 127. The van der Waals surface area contributed by atoms with E-state index in [2.05, 4.69) is 26.0 Å². The van der Waals surface area contributed by atoms with Crippen molar-refractivity contribution in [1.29, 1.82) is 0 Å². The number of sulfonamides is 1. The maximum atomic E-state index is 11.6. The first kappa shape index (κ1) is 12.7. The van der Waals surface area contributed by atoms with Gasteiger partial charge in [-0.05, 0) is 19.8 Å². The highest BCUT2D eigenvalue weighted by Crippen LogP contribution is 2.19. The van der Waals surface area contributed by atoms with Crippen molar-refractivity contribution < 1.29 is 8.42 Å². The molecule has 0 N–H and O–H groups in total. The van der Waals surface area contributed by atoms with Crippen LogP contribution < -0.4 is 0 Å². The van der Waals surface area contributed by atoms with Crippen molar-refractivity contribution in [2.45, 2.75) is 25.8 Å². The standard InChI is InChI=1S/C8H17IN2O2S/c1-3-14(12,13)10(2)8-4-6-11(9)7-5-8/h8H,3-7H2,1-2H3. The van der Waals surface area contributed by atoms with Crippen molar-refractivity contribution in [2.75, 3.05) is 25.9 Å². The maximum Gasteiger partial charge on any atom is 0.213 e. The van der Waals surface area contributed by atoms with Crippen LogP contribution in [0.15, 0.2) is 0 Å². The van der Waals surface area contributed by atoms with Crippen LogP contribution in [0.5, 0.6) is 0 Å². The third-order valence-corrected chi connectivity index (χ3v) is 5.60. The number of piperidine rings is 1. The highest BCUT2D eigenvalue weighted by Gasteiger charge is 2.27. The van der Waals surface area contributed by atoms with Gasteiger partial charge in [-0.1, -0.05) is 0 Å². The fourth-order valence-corrected chi connectivity index (χ4v) is 3.26. The van der Waals surface area contributed by atoms with Gasteiger partial charge in [-0.15, -0.1) is 0 Å². The molecule has 1 fully saturated rings. The van der Waals surface area contributed by atoms with Gasteiger partial charge in [0, 0.05) is 49.0 Å². The van der Waals surface area contributed by atoms with Crippen LogP contribution in [0.25, 0.3) is 0 Å². The average Bonchev–Trinajstić information content (AvgIpc) is 2.18. The van der Waals surface area contributed by atoms with Crippen LogP contribution in [0.1, 0.15) is 19.8 Å². The molecule has 0 radical (unpaired) electrons. The van der Waals surface area contributed by atoms with Crippen molar-refractivity contribution in [3.05, 3.63) is 0 Å². The number of hydrogen-bond acceptors (Lipinski definition) is 3. The summed E-state index contributed by atoms with van der Waals surface area (Å²) in [6, 6.07) is 0.200. The molecule has 1 saturated heterocycles. The molecule has 1 aliphatic heterocycles.